The van der Waals surface area contributed by atoms with Crippen molar-refractivity contribution in [2.75, 3.05) is 13.7 Å². The number of hydrogen-bond acceptors (Lipinski definition) is 3. The van der Waals surface area contributed by atoms with Gasteiger partial charge in [0.2, 0.25) is 0 Å². The van der Waals surface area contributed by atoms with Crippen LogP contribution in [0.3, 0.4) is 0 Å². The molecule has 3 heteroatoms. The Kier molecular flexibility index (Phi) is 5.45. The van der Waals surface area contributed by atoms with Crippen LogP contribution in [0.25, 0.3) is 0 Å². The van der Waals surface area contributed by atoms with Gasteiger partial charge < -0.3 is 14.6 Å². The summed E-state index contributed by atoms with van der Waals surface area (Å²) in [6, 6.07) is 7.44. The Hall–Kier alpha value is -1.06. The lowest BCUT2D eigenvalue weighted by Gasteiger charge is -2.26. The third-order valence-corrected chi connectivity index (χ3v) is 2.78. The second-order valence-electron chi connectivity index (χ2n) is 4.38. The quantitative estimate of drug-likeness (QED) is 0.828. The van der Waals surface area contributed by atoms with Crippen molar-refractivity contribution in [3.05, 3.63) is 29.8 Å². The first-order valence-corrected chi connectivity index (χ1v) is 6.03. The number of benzene rings is 1. The summed E-state index contributed by atoms with van der Waals surface area (Å²) in [5, 5.41) is 10.3. The summed E-state index contributed by atoms with van der Waals surface area (Å²) < 4.78 is 10.7. The van der Waals surface area contributed by atoms with E-state index in [1.54, 1.807) is 7.11 Å². The van der Waals surface area contributed by atoms with Gasteiger partial charge in [-0.15, -0.1) is 0 Å². The highest BCUT2D eigenvalue weighted by Crippen LogP contribution is 2.26. The summed E-state index contributed by atoms with van der Waals surface area (Å²) >= 11 is 0. The zero-order valence-corrected chi connectivity index (χ0v) is 11.0. The molecule has 3 nitrogen and oxygen atoms in total. The molecule has 96 valence electrons. The Labute approximate surface area is 103 Å². The first kappa shape index (κ1) is 14.0. The lowest BCUT2D eigenvalue weighted by atomic mass is 9.96. The Morgan fingerprint density at radius 2 is 1.76 bits per heavy atom. The van der Waals surface area contributed by atoms with Gasteiger partial charge in [0.25, 0.3) is 0 Å². The number of rotatable bonds is 6. The molecule has 17 heavy (non-hydrogen) atoms. The molecule has 0 radical (unpaired) electrons. The first-order chi connectivity index (χ1) is 8.10. The van der Waals surface area contributed by atoms with Gasteiger partial charge in [0.05, 0.1) is 13.2 Å². The Bertz CT molecular complexity index is 319. The summed E-state index contributed by atoms with van der Waals surface area (Å²) in [5.74, 6) is 1.06. The lowest BCUT2D eigenvalue weighted by molar-refractivity contribution is -0.0585. The highest BCUT2D eigenvalue weighted by atomic mass is 16.5. The van der Waals surface area contributed by atoms with E-state index in [0.29, 0.717) is 6.61 Å². The average Bonchev–Trinajstić information content (AvgIpc) is 2.35. The van der Waals surface area contributed by atoms with Crippen LogP contribution >= 0.6 is 0 Å². The van der Waals surface area contributed by atoms with Crippen LogP contribution in [0.15, 0.2) is 24.3 Å². The van der Waals surface area contributed by atoms with Gasteiger partial charge in [0.1, 0.15) is 11.9 Å². The zero-order valence-electron chi connectivity index (χ0n) is 11.0. The maximum absolute atomic E-state index is 10.3. The van der Waals surface area contributed by atoms with Crippen LogP contribution in [-0.4, -0.2) is 24.9 Å². The zero-order chi connectivity index (χ0) is 12.8. The monoisotopic (exact) mass is 238 g/mol. The van der Waals surface area contributed by atoms with Crippen molar-refractivity contribution in [3.63, 3.8) is 0 Å². The predicted octanol–water partition coefficient (Wildman–Crippen LogP) is 2.79. The van der Waals surface area contributed by atoms with Gasteiger partial charge in [-0.05, 0) is 30.5 Å². The van der Waals surface area contributed by atoms with Crippen molar-refractivity contribution >= 4 is 0 Å². The molecule has 0 bridgehead atoms. The minimum Gasteiger partial charge on any atom is -0.497 e. The van der Waals surface area contributed by atoms with Crippen molar-refractivity contribution in [2.45, 2.75) is 33.0 Å². The fourth-order valence-corrected chi connectivity index (χ4v) is 1.83. The van der Waals surface area contributed by atoms with E-state index in [9.17, 15) is 5.11 Å². The van der Waals surface area contributed by atoms with Crippen LogP contribution in [0.4, 0.5) is 0 Å². The second-order valence-corrected chi connectivity index (χ2v) is 4.38. The molecule has 0 saturated carbocycles. The molecular weight excluding hydrogens is 216 g/mol. The topological polar surface area (TPSA) is 38.7 Å². The molecule has 1 aromatic rings. The normalized spacial score (nSPS) is 14.7. The smallest absolute Gasteiger partial charge is 0.118 e. The van der Waals surface area contributed by atoms with Gasteiger partial charge in [-0.2, -0.15) is 0 Å². The molecule has 0 aliphatic carbocycles. The predicted molar refractivity (Wildman–Crippen MR) is 68.2 cm³/mol. The summed E-state index contributed by atoms with van der Waals surface area (Å²) in [6.07, 6.45) is -0.769. The molecule has 0 saturated heterocycles. The van der Waals surface area contributed by atoms with Crippen LogP contribution in [0.1, 0.15) is 32.4 Å². The standard InChI is InChI=1S/C14H22O3/c1-5-17-14(10(2)3)13(15)11-6-8-12(16-4)9-7-11/h6-10,13-15H,5H2,1-4H3. The third-order valence-electron chi connectivity index (χ3n) is 2.78. The van der Waals surface area contributed by atoms with Crippen molar-refractivity contribution in [3.8, 4) is 5.75 Å². The third kappa shape index (κ3) is 3.72. The maximum Gasteiger partial charge on any atom is 0.118 e. The van der Waals surface area contributed by atoms with Gasteiger partial charge >= 0.3 is 0 Å². The molecule has 2 atom stereocenters. The first-order valence-electron chi connectivity index (χ1n) is 6.03. The molecule has 1 rings (SSSR count). The van der Waals surface area contributed by atoms with E-state index in [1.165, 1.54) is 0 Å². The number of methoxy groups -OCH3 is 1. The lowest BCUT2D eigenvalue weighted by Crippen LogP contribution is -2.27. The van der Waals surface area contributed by atoms with Crippen molar-refractivity contribution in [1.82, 2.24) is 0 Å². The van der Waals surface area contributed by atoms with Gasteiger partial charge in [-0.1, -0.05) is 26.0 Å². The summed E-state index contributed by atoms with van der Waals surface area (Å²) in [5.41, 5.74) is 0.859. The number of aliphatic hydroxyl groups excluding tert-OH is 1. The molecule has 0 spiro atoms. The minimum atomic E-state index is -0.596. The van der Waals surface area contributed by atoms with E-state index >= 15 is 0 Å². The van der Waals surface area contributed by atoms with E-state index in [-0.39, 0.29) is 12.0 Å². The van der Waals surface area contributed by atoms with Crippen LogP contribution in [0.2, 0.25) is 0 Å². The molecule has 0 heterocycles. The number of ether oxygens (including phenoxy) is 2. The number of aliphatic hydroxyl groups is 1. The van der Waals surface area contributed by atoms with E-state index in [1.807, 2.05) is 45.0 Å². The average molecular weight is 238 g/mol. The molecular formula is C14H22O3. The van der Waals surface area contributed by atoms with Crippen LogP contribution in [-0.2, 0) is 4.74 Å². The van der Waals surface area contributed by atoms with Crippen LogP contribution in [0.5, 0.6) is 5.75 Å². The largest absolute Gasteiger partial charge is 0.497 e. The van der Waals surface area contributed by atoms with Crippen LogP contribution < -0.4 is 4.74 Å². The molecule has 0 aliphatic rings. The minimum absolute atomic E-state index is 0.173. The van der Waals surface area contributed by atoms with Gasteiger partial charge in [-0.25, -0.2) is 0 Å². The van der Waals surface area contributed by atoms with Gasteiger partial charge in [0.15, 0.2) is 0 Å². The Balaban J connectivity index is 2.81. The van der Waals surface area contributed by atoms with E-state index in [4.69, 9.17) is 9.47 Å². The summed E-state index contributed by atoms with van der Waals surface area (Å²) in [4.78, 5) is 0. The van der Waals surface area contributed by atoms with E-state index in [0.717, 1.165) is 11.3 Å². The second kappa shape index (κ2) is 6.62. The molecule has 1 N–H and O–H groups in total. The number of hydrogen-bond donors (Lipinski definition) is 1. The van der Waals surface area contributed by atoms with E-state index < -0.39 is 6.10 Å². The van der Waals surface area contributed by atoms with Crippen molar-refractivity contribution in [1.29, 1.82) is 0 Å². The van der Waals surface area contributed by atoms with Gasteiger partial charge in [0, 0.05) is 6.61 Å². The Morgan fingerprint density at radius 3 is 2.18 bits per heavy atom. The summed E-state index contributed by atoms with van der Waals surface area (Å²) in [6.45, 7) is 6.65. The molecule has 1 aromatic carbocycles. The highest BCUT2D eigenvalue weighted by Gasteiger charge is 2.24. The fraction of sp³-hybridized carbons (Fsp3) is 0.571. The molecule has 0 fully saturated rings. The molecule has 0 aromatic heterocycles. The fourth-order valence-electron chi connectivity index (χ4n) is 1.83. The SMILES string of the molecule is CCOC(C(C)C)C(O)c1ccc(OC)cc1. The van der Waals surface area contributed by atoms with Crippen molar-refractivity contribution in [2.24, 2.45) is 5.92 Å². The Morgan fingerprint density at radius 1 is 1.18 bits per heavy atom. The molecule has 2 unspecified atom stereocenters. The van der Waals surface area contributed by atoms with Crippen molar-refractivity contribution < 1.29 is 14.6 Å². The maximum atomic E-state index is 10.3. The summed E-state index contributed by atoms with van der Waals surface area (Å²) in [7, 11) is 1.63. The van der Waals surface area contributed by atoms with Crippen LogP contribution in [0, 0.1) is 5.92 Å². The van der Waals surface area contributed by atoms with E-state index in [2.05, 4.69) is 0 Å². The molecule has 0 amide bonds. The highest BCUT2D eigenvalue weighted by molar-refractivity contribution is 5.28. The van der Waals surface area contributed by atoms with Gasteiger partial charge in [-0.3, -0.25) is 0 Å². The molecule has 0 aliphatic heterocycles.